The summed E-state index contributed by atoms with van der Waals surface area (Å²) in [6.45, 7) is 6.99. The Bertz CT molecular complexity index is 814. The number of hydrogen-bond donors (Lipinski definition) is 1. The SMILES string of the molecule is CCOc1ccc(-c2[nH]c(-c3ccc(OC)cc3)c(C)c2C)cc1. The molecule has 24 heavy (non-hydrogen) atoms. The molecule has 0 aliphatic carbocycles. The fourth-order valence-electron chi connectivity index (χ4n) is 2.91. The molecule has 3 rings (SSSR count). The van der Waals surface area contributed by atoms with Gasteiger partial charge < -0.3 is 14.5 Å². The van der Waals surface area contributed by atoms with Crippen LogP contribution in [0.2, 0.25) is 0 Å². The van der Waals surface area contributed by atoms with Crippen LogP contribution in [0.5, 0.6) is 11.5 Å². The van der Waals surface area contributed by atoms with E-state index in [1.807, 2.05) is 31.2 Å². The van der Waals surface area contributed by atoms with Crippen molar-refractivity contribution in [1.29, 1.82) is 0 Å². The zero-order chi connectivity index (χ0) is 17.1. The maximum atomic E-state index is 5.52. The Morgan fingerprint density at radius 3 is 1.62 bits per heavy atom. The van der Waals surface area contributed by atoms with Crippen LogP contribution in [0, 0.1) is 13.8 Å². The van der Waals surface area contributed by atoms with Gasteiger partial charge in [0.25, 0.3) is 0 Å². The summed E-state index contributed by atoms with van der Waals surface area (Å²) in [5.41, 5.74) is 7.17. The molecular weight excluding hydrogens is 298 g/mol. The van der Waals surface area contributed by atoms with Crippen LogP contribution in [0.25, 0.3) is 22.5 Å². The standard InChI is InChI=1S/C21H23NO2/c1-5-24-19-12-8-17(9-13-19)21-15(3)14(2)20(22-21)16-6-10-18(23-4)11-7-16/h6-13,22H,5H2,1-4H3. The Morgan fingerprint density at radius 2 is 1.21 bits per heavy atom. The summed E-state index contributed by atoms with van der Waals surface area (Å²) in [5.74, 6) is 1.77. The second-order valence-corrected chi connectivity index (χ2v) is 5.81. The van der Waals surface area contributed by atoms with E-state index >= 15 is 0 Å². The van der Waals surface area contributed by atoms with E-state index < -0.39 is 0 Å². The van der Waals surface area contributed by atoms with Gasteiger partial charge in [0.05, 0.1) is 13.7 Å². The van der Waals surface area contributed by atoms with Gasteiger partial charge in [0.2, 0.25) is 0 Å². The molecule has 0 saturated heterocycles. The average Bonchev–Trinajstić information content (AvgIpc) is 2.92. The number of methoxy groups -OCH3 is 1. The maximum absolute atomic E-state index is 5.52. The summed E-state index contributed by atoms with van der Waals surface area (Å²) < 4.78 is 10.8. The second-order valence-electron chi connectivity index (χ2n) is 5.81. The molecule has 3 nitrogen and oxygen atoms in total. The number of hydrogen-bond acceptors (Lipinski definition) is 2. The molecule has 124 valence electrons. The van der Waals surface area contributed by atoms with Crippen LogP contribution in [0.1, 0.15) is 18.1 Å². The Labute approximate surface area is 143 Å². The molecule has 3 heteroatoms. The molecule has 0 unspecified atom stereocenters. The molecule has 0 fully saturated rings. The molecule has 3 aromatic rings. The van der Waals surface area contributed by atoms with E-state index in [9.17, 15) is 0 Å². The molecule has 1 heterocycles. The molecule has 0 radical (unpaired) electrons. The molecule has 0 spiro atoms. The van der Waals surface area contributed by atoms with Crippen molar-refractivity contribution in [3.8, 4) is 34.0 Å². The predicted molar refractivity (Wildman–Crippen MR) is 98.9 cm³/mol. The first-order valence-corrected chi connectivity index (χ1v) is 8.21. The normalized spacial score (nSPS) is 10.7. The number of nitrogens with one attached hydrogen (secondary N) is 1. The molecule has 0 bridgehead atoms. The Balaban J connectivity index is 1.98. The highest BCUT2D eigenvalue weighted by Gasteiger charge is 2.13. The summed E-state index contributed by atoms with van der Waals surface area (Å²) in [7, 11) is 1.68. The van der Waals surface area contributed by atoms with Gasteiger partial charge in [-0.15, -0.1) is 0 Å². The van der Waals surface area contributed by atoms with Crippen LogP contribution in [0.15, 0.2) is 48.5 Å². The number of ether oxygens (including phenoxy) is 2. The molecule has 0 saturated carbocycles. The van der Waals surface area contributed by atoms with Crippen LogP contribution in [0.4, 0.5) is 0 Å². The van der Waals surface area contributed by atoms with Gasteiger partial charge in [-0.05, 0) is 91.6 Å². The van der Waals surface area contributed by atoms with Gasteiger partial charge >= 0.3 is 0 Å². The minimum atomic E-state index is 0.682. The third-order valence-corrected chi connectivity index (χ3v) is 4.40. The lowest BCUT2D eigenvalue weighted by Crippen LogP contribution is -1.90. The third-order valence-electron chi connectivity index (χ3n) is 4.40. The van der Waals surface area contributed by atoms with Crippen molar-refractivity contribution in [3.05, 3.63) is 59.7 Å². The van der Waals surface area contributed by atoms with Gasteiger partial charge in [-0.3, -0.25) is 0 Å². The molecule has 1 N–H and O–H groups in total. The summed E-state index contributed by atoms with van der Waals surface area (Å²) in [6.07, 6.45) is 0. The van der Waals surface area contributed by atoms with Crippen LogP contribution in [-0.2, 0) is 0 Å². The van der Waals surface area contributed by atoms with Crippen LogP contribution in [0.3, 0.4) is 0 Å². The van der Waals surface area contributed by atoms with E-state index in [-0.39, 0.29) is 0 Å². The van der Waals surface area contributed by atoms with Crippen molar-refractivity contribution < 1.29 is 9.47 Å². The molecule has 2 aromatic carbocycles. The number of H-pyrrole nitrogens is 1. The highest BCUT2D eigenvalue weighted by Crippen LogP contribution is 2.34. The summed E-state index contributed by atoms with van der Waals surface area (Å²) >= 11 is 0. The molecule has 0 aliphatic rings. The number of rotatable bonds is 5. The molecule has 0 aliphatic heterocycles. The van der Waals surface area contributed by atoms with E-state index in [4.69, 9.17) is 9.47 Å². The monoisotopic (exact) mass is 321 g/mol. The van der Waals surface area contributed by atoms with Crippen LogP contribution in [-0.4, -0.2) is 18.7 Å². The van der Waals surface area contributed by atoms with E-state index in [1.54, 1.807) is 7.11 Å². The van der Waals surface area contributed by atoms with Crippen molar-refractivity contribution in [3.63, 3.8) is 0 Å². The second kappa shape index (κ2) is 6.83. The van der Waals surface area contributed by atoms with Crippen molar-refractivity contribution in [2.45, 2.75) is 20.8 Å². The van der Waals surface area contributed by atoms with Crippen molar-refractivity contribution in [1.82, 2.24) is 4.98 Å². The fraction of sp³-hybridized carbons (Fsp3) is 0.238. The summed E-state index contributed by atoms with van der Waals surface area (Å²) in [5, 5.41) is 0. The van der Waals surface area contributed by atoms with Gasteiger partial charge in [0.15, 0.2) is 0 Å². The van der Waals surface area contributed by atoms with Gasteiger partial charge in [0.1, 0.15) is 11.5 Å². The predicted octanol–water partition coefficient (Wildman–Crippen LogP) is 5.37. The summed E-state index contributed by atoms with van der Waals surface area (Å²) in [4.78, 5) is 3.59. The molecule has 1 aromatic heterocycles. The first-order chi connectivity index (χ1) is 11.6. The van der Waals surface area contributed by atoms with Crippen molar-refractivity contribution in [2.75, 3.05) is 13.7 Å². The lowest BCUT2D eigenvalue weighted by molar-refractivity contribution is 0.340. The highest BCUT2D eigenvalue weighted by atomic mass is 16.5. The van der Waals surface area contributed by atoms with E-state index in [1.165, 1.54) is 16.7 Å². The lowest BCUT2D eigenvalue weighted by Gasteiger charge is -2.05. The molecule has 0 amide bonds. The van der Waals surface area contributed by atoms with E-state index in [2.05, 4.69) is 43.1 Å². The van der Waals surface area contributed by atoms with E-state index in [0.717, 1.165) is 28.5 Å². The van der Waals surface area contributed by atoms with Gasteiger partial charge in [-0.2, -0.15) is 0 Å². The zero-order valence-corrected chi connectivity index (χ0v) is 14.6. The number of benzene rings is 2. The minimum absolute atomic E-state index is 0.682. The Kier molecular flexibility index (Phi) is 4.61. The Hall–Kier alpha value is -2.68. The van der Waals surface area contributed by atoms with Crippen molar-refractivity contribution >= 4 is 0 Å². The maximum Gasteiger partial charge on any atom is 0.119 e. The van der Waals surface area contributed by atoms with Crippen LogP contribution >= 0.6 is 0 Å². The topological polar surface area (TPSA) is 34.2 Å². The smallest absolute Gasteiger partial charge is 0.119 e. The zero-order valence-electron chi connectivity index (χ0n) is 14.6. The first-order valence-electron chi connectivity index (χ1n) is 8.21. The van der Waals surface area contributed by atoms with E-state index in [0.29, 0.717) is 6.61 Å². The van der Waals surface area contributed by atoms with Gasteiger partial charge in [-0.1, -0.05) is 0 Å². The van der Waals surface area contributed by atoms with Gasteiger partial charge in [0, 0.05) is 11.4 Å². The number of aromatic nitrogens is 1. The quantitative estimate of drug-likeness (QED) is 0.685. The molecular formula is C21H23NO2. The fourth-order valence-corrected chi connectivity index (χ4v) is 2.91. The third kappa shape index (κ3) is 3.02. The minimum Gasteiger partial charge on any atom is -0.497 e. The largest absolute Gasteiger partial charge is 0.497 e. The number of aromatic amines is 1. The first kappa shape index (κ1) is 16.2. The van der Waals surface area contributed by atoms with Crippen LogP contribution < -0.4 is 9.47 Å². The Morgan fingerprint density at radius 1 is 0.750 bits per heavy atom. The van der Waals surface area contributed by atoms with Crippen molar-refractivity contribution in [2.24, 2.45) is 0 Å². The average molecular weight is 321 g/mol. The summed E-state index contributed by atoms with van der Waals surface area (Å²) in [6, 6.07) is 16.4. The highest BCUT2D eigenvalue weighted by molar-refractivity contribution is 5.75. The lowest BCUT2D eigenvalue weighted by atomic mass is 10.0. The van der Waals surface area contributed by atoms with Gasteiger partial charge in [-0.25, -0.2) is 0 Å². The molecule has 0 atom stereocenters.